The third kappa shape index (κ3) is 4.51. The van der Waals surface area contributed by atoms with Gasteiger partial charge in [0.25, 0.3) is 0 Å². The quantitative estimate of drug-likeness (QED) is 0.844. The molecule has 2 rings (SSSR count). The summed E-state index contributed by atoms with van der Waals surface area (Å²) in [7, 11) is 0. The number of rotatable bonds is 2. The molecule has 0 radical (unpaired) electrons. The first kappa shape index (κ1) is 17.4. The van der Waals surface area contributed by atoms with E-state index in [2.05, 4.69) is 26.1 Å². The van der Waals surface area contributed by atoms with Crippen molar-refractivity contribution in [1.82, 2.24) is 10.2 Å². The van der Waals surface area contributed by atoms with Crippen LogP contribution in [-0.4, -0.2) is 40.8 Å². The lowest BCUT2D eigenvalue weighted by Crippen LogP contribution is -2.54. The molecule has 4 nitrogen and oxygen atoms in total. The molecule has 0 saturated carbocycles. The first-order valence-corrected chi connectivity index (χ1v) is 8.13. The van der Waals surface area contributed by atoms with Gasteiger partial charge in [-0.1, -0.05) is 23.2 Å². The number of nitrogens with zero attached hydrogens (tertiary/aromatic N) is 1. The van der Waals surface area contributed by atoms with E-state index in [9.17, 15) is 9.90 Å². The van der Waals surface area contributed by atoms with Gasteiger partial charge in [0.05, 0.1) is 0 Å². The second-order valence-electron chi connectivity index (χ2n) is 6.83. The Morgan fingerprint density at radius 2 is 1.86 bits per heavy atom. The Labute approximate surface area is 141 Å². The predicted molar refractivity (Wildman–Crippen MR) is 90.1 cm³/mol. The maximum absolute atomic E-state index is 11.3. The second-order valence-corrected chi connectivity index (χ2v) is 7.70. The van der Waals surface area contributed by atoms with Gasteiger partial charge in [-0.15, -0.1) is 0 Å². The van der Waals surface area contributed by atoms with E-state index in [1.165, 1.54) is 4.90 Å². The molecule has 2 N–H and O–H groups in total. The van der Waals surface area contributed by atoms with Gasteiger partial charge in [0.1, 0.15) is 0 Å². The molecule has 0 unspecified atom stereocenters. The Hall–Kier alpha value is -0.970. The normalized spacial score (nSPS) is 22.7. The van der Waals surface area contributed by atoms with Gasteiger partial charge in [0.15, 0.2) is 0 Å². The van der Waals surface area contributed by atoms with Crippen LogP contribution in [0.1, 0.15) is 38.7 Å². The zero-order valence-electron chi connectivity index (χ0n) is 13.1. The van der Waals surface area contributed by atoms with Crippen LogP contribution in [0.5, 0.6) is 0 Å². The molecular weight excluding hydrogens is 323 g/mol. The third-order valence-electron chi connectivity index (χ3n) is 3.81. The number of hydrogen-bond donors (Lipinski definition) is 2. The minimum Gasteiger partial charge on any atom is -0.465 e. The first-order chi connectivity index (χ1) is 10.2. The van der Waals surface area contributed by atoms with Gasteiger partial charge in [-0.05, 0) is 51.0 Å². The fraction of sp³-hybridized carbons (Fsp3) is 0.562. The number of benzene rings is 1. The average molecular weight is 345 g/mol. The average Bonchev–Trinajstić information content (AvgIpc) is 2.35. The highest BCUT2D eigenvalue weighted by atomic mass is 35.5. The van der Waals surface area contributed by atoms with E-state index >= 15 is 0 Å². The molecule has 1 fully saturated rings. The summed E-state index contributed by atoms with van der Waals surface area (Å²) in [5.74, 6) is 0.0280. The van der Waals surface area contributed by atoms with Gasteiger partial charge in [-0.25, -0.2) is 4.79 Å². The molecule has 1 aromatic carbocycles. The zero-order chi connectivity index (χ0) is 16.5. The smallest absolute Gasteiger partial charge is 0.407 e. The number of amides is 1. The number of nitrogens with one attached hydrogen (secondary N) is 1. The number of carboxylic acid groups (broad SMARTS) is 1. The maximum atomic E-state index is 11.3. The van der Waals surface area contributed by atoms with Crippen molar-refractivity contribution < 1.29 is 9.90 Å². The molecule has 1 saturated heterocycles. The molecule has 122 valence electrons. The summed E-state index contributed by atoms with van der Waals surface area (Å²) in [5, 5.41) is 14.0. The van der Waals surface area contributed by atoms with E-state index < -0.39 is 6.09 Å². The van der Waals surface area contributed by atoms with Crippen molar-refractivity contribution in [1.29, 1.82) is 0 Å². The van der Waals surface area contributed by atoms with E-state index in [0.29, 0.717) is 23.1 Å². The molecule has 1 aliphatic heterocycles. The monoisotopic (exact) mass is 344 g/mol. The molecule has 1 aliphatic rings. The number of carbonyl (C=O) groups is 1. The second kappa shape index (κ2) is 6.65. The van der Waals surface area contributed by atoms with Crippen molar-refractivity contribution >= 4 is 29.3 Å². The highest BCUT2D eigenvalue weighted by Gasteiger charge is 2.34. The SMILES string of the molecule is CC(C)(C)N[C@@H]1CCN(C(=O)O)C[C@H]1c1cc(Cl)cc(Cl)c1. The molecule has 0 aliphatic carbocycles. The van der Waals surface area contributed by atoms with E-state index in [0.717, 1.165) is 12.0 Å². The summed E-state index contributed by atoms with van der Waals surface area (Å²) in [6.45, 7) is 7.31. The van der Waals surface area contributed by atoms with Crippen molar-refractivity contribution in [2.45, 2.75) is 44.7 Å². The fourth-order valence-corrected chi connectivity index (χ4v) is 3.52. The third-order valence-corrected chi connectivity index (χ3v) is 4.25. The summed E-state index contributed by atoms with van der Waals surface area (Å²) in [5.41, 5.74) is 0.932. The number of likely N-dealkylation sites (tertiary alicyclic amines) is 1. The van der Waals surface area contributed by atoms with E-state index in [4.69, 9.17) is 23.2 Å². The van der Waals surface area contributed by atoms with Crippen LogP contribution < -0.4 is 5.32 Å². The predicted octanol–water partition coefficient (Wildman–Crippen LogP) is 4.22. The van der Waals surface area contributed by atoms with Gasteiger partial charge in [0, 0.05) is 40.6 Å². The number of hydrogen-bond acceptors (Lipinski definition) is 2. The van der Waals surface area contributed by atoms with Crippen LogP contribution in [0.15, 0.2) is 18.2 Å². The lowest BCUT2D eigenvalue weighted by molar-refractivity contribution is 0.117. The van der Waals surface area contributed by atoms with Gasteiger partial charge in [-0.3, -0.25) is 0 Å². The molecule has 0 aromatic heterocycles. The Balaban J connectivity index is 2.31. The highest BCUT2D eigenvalue weighted by Crippen LogP contribution is 2.32. The standard InChI is InChI=1S/C16H22Cl2N2O2/c1-16(2,3)19-14-4-5-20(15(21)22)9-13(14)10-6-11(17)8-12(18)7-10/h6-8,13-14,19H,4-5,9H2,1-3H3,(H,21,22)/t13-,14+/m0/s1. The summed E-state index contributed by atoms with van der Waals surface area (Å²) >= 11 is 12.2. The van der Waals surface area contributed by atoms with Gasteiger partial charge in [0.2, 0.25) is 0 Å². The van der Waals surface area contributed by atoms with Crippen molar-refractivity contribution in [2.75, 3.05) is 13.1 Å². The van der Waals surface area contributed by atoms with Crippen molar-refractivity contribution in [3.05, 3.63) is 33.8 Å². The summed E-state index contributed by atoms with van der Waals surface area (Å²) in [4.78, 5) is 12.8. The largest absolute Gasteiger partial charge is 0.465 e. The minimum absolute atomic E-state index is 0.0280. The van der Waals surface area contributed by atoms with Gasteiger partial charge in [-0.2, -0.15) is 0 Å². The summed E-state index contributed by atoms with van der Waals surface area (Å²) < 4.78 is 0. The molecule has 2 atom stereocenters. The Morgan fingerprint density at radius 3 is 2.36 bits per heavy atom. The molecule has 0 spiro atoms. The topological polar surface area (TPSA) is 52.6 Å². The van der Waals surface area contributed by atoms with Crippen LogP contribution >= 0.6 is 23.2 Å². The van der Waals surface area contributed by atoms with E-state index in [-0.39, 0.29) is 17.5 Å². The van der Waals surface area contributed by atoms with Crippen LogP contribution in [-0.2, 0) is 0 Å². The van der Waals surface area contributed by atoms with E-state index in [1.54, 1.807) is 6.07 Å². The Kier molecular flexibility index (Phi) is 5.25. The van der Waals surface area contributed by atoms with Crippen LogP contribution in [0.2, 0.25) is 10.0 Å². The highest BCUT2D eigenvalue weighted by molar-refractivity contribution is 6.34. The summed E-state index contributed by atoms with van der Waals surface area (Å²) in [6.07, 6.45) is -0.120. The molecular formula is C16H22Cl2N2O2. The first-order valence-electron chi connectivity index (χ1n) is 7.37. The molecule has 1 aromatic rings. The molecule has 6 heteroatoms. The van der Waals surface area contributed by atoms with Gasteiger partial charge < -0.3 is 15.3 Å². The molecule has 0 bridgehead atoms. The van der Waals surface area contributed by atoms with Crippen LogP contribution in [0, 0.1) is 0 Å². The minimum atomic E-state index is -0.882. The van der Waals surface area contributed by atoms with Crippen molar-refractivity contribution in [3.63, 3.8) is 0 Å². The Morgan fingerprint density at radius 1 is 1.27 bits per heavy atom. The lowest BCUT2D eigenvalue weighted by atomic mass is 9.84. The zero-order valence-corrected chi connectivity index (χ0v) is 14.6. The lowest BCUT2D eigenvalue weighted by Gasteiger charge is -2.41. The number of halogens is 2. The summed E-state index contributed by atoms with van der Waals surface area (Å²) in [6, 6.07) is 5.63. The van der Waals surface area contributed by atoms with E-state index in [1.807, 2.05) is 12.1 Å². The van der Waals surface area contributed by atoms with Crippen LogP contribution in [0.3, 0.4) is 0 Å². The van der Waals surface area contributed by atoms with Crippen LogP contribution in [0.25, 0.3) is 0 Å². The number of piperidine rings is 1. The molecule has 22 heavy (non-hydrogen) atoms. The fourth-order valence-electron chi connectivity index (χ4n) is 2.98. The van der Waals surface area contributed by atoms with Gasteiger partial charge >= 0.3 is 6.09 Å². The maximum Gasteiger partial charge on any atom is 0.407 e. The molecule has 1 heterocycles. The Bertz CT molecular complexity index is 537. The van der Waals surface area contributed by atoms with Crippen LogP contribution in [0.4, 0.5) is 4.79 Å². The van der Waals surface area contributed by atoms with Crippen molar-refractivity contribution in [2.24, 2.45) is 0 Å². The molecule has 1 amide bonds. The van der Waals surface area contributed by atoms with Crippen molar-refractivity contribution in [3.8, 4) is 0 Å².